The van der Waals surface area contributed by atoms with Crippen molar-refractivity contribution in [1.29, 1.82) is 0 Å². The van der Waals surface area contributed by atoms with Crippen molar-refractivity contribution in [2.24, 2.45) is 11.3 Å². The molecule has 0 aliphatic heterocycles. The van der Waals surface area contributed by atoms with E-state index in [1.165, 1.54) is 5.56 Å². The van der Waals surface area contributed by atoms with Crippen LogP contribution in [0.5, 0.6) is 0 Å². The number of hydrogen-bond donors (Lipinski definition) is 0. The van der Waals surface area contributed by atoms with E-state index in [-0.39, 0.29) is 11.7 Å². The molecule has 1 aromatic rings. The number of benzene rings is 1. The third-order valence-electron chi connectivity index (χ3n) is 4.56. The van der Waals surface area contributed by atoms with Gasteiger partial charge in [0.25, 0.3) is 0 Å². The molecule has 0 heterocycles. The maximum Gasteiger partial charge on any atom is 0.155 e. The zero-order chi connectivity index (χ0) is 13.3. The molecule has 19 heavy (non-hydrogen) atoms. The van der Waals surface area contributed by atoms with Crippen LogP contribution < -0.4 is 0 Å². The normalized spacial score (nSPS) is 30.2. The van der Waals surface area contributed by atoms with Crippen molar-refractivity contribution in [1.82, 2.24) is 0 Å². The van der Waals surface area contributed by atoms with Gasteiger partial charge < -0.3 is 0 Å². The number of fused-ring (bicyclic) bond motifs is 1. The van der Waals surface area contributed by atoms with Crippen LogP contribution in [0.25, 0.3) is 0 Å². The Hall–Kier alpha value is -1.70. The maximum absolute atomic E-state index is 12.5. The molecular formula is C17H18O2. The molecule has 1 aromatic carbocycles. The number of ketones is 2. The standard InChI is InChI=1S/C17H18O2/c18-15-9-10-17(12-13-5-2-1-3-6-13)14(11-15)7-4-8-16(17)19/h1-3,5-6,9-10,14H,4,7-8,11-12H2. The van der Waals surface area contributed by atoms with Crippen LogP contribution in [0.15, 0.2) is 42.5 Å². The SMILES string of the molecule is O=C1C=CC2(Cc3ccccc3)C(=O)CCCC2C1. The van der Waals surface area contributed by atoms with Gasteiger partial charge in [0.1, 0.15) is 5.78 Å². The van der Waals surface area contributed by atoms with Crippen LogP contribution in [-0.4, -0.2) is 11.6 Å². The van der Waals surface area contributed by atoms with Crippen molar-refractivity contribution in [2.75, 3.05) is 0 Å². The Morgan fingerprint density at radius 1 is 1.16 bits per heavy atom. The molecule has 0 aromatic heterocycles. The van der Waals surface area contributed by atoms with Crippen LogP contribution in [0, 0.1) is 11.3 Å². The number of hydrogen-bond acceptors (Lipinski definition) is 2. The van der Waals surface area contributed by atoms with Gasteiger partial charge in [-0.05, 0) is 36.8 Å². The van der Waals surface area contributed by atoms with Gasteiger partial charge in [-0.3, -0.25) is 9.59 Å². The van der Waals surface area contributed by atoms with Gasteiger partial charge in [-0.2, -0.15) is 0 Å². The van der Waals surface area contributed by atoms with Gasteiger partial charge in [-0.25, -0.2) is 0 Å². The fraction of sp³-hybridized carbons (Fsp3) is 0.412. The van der Waals surface area contributed by atoms with Crippen LogP contribution in [0.1, 0.15) is 31.2 Å². The summed E-state index contributed by atoms with van der Waals surface area (Å²) in [5.41, 5.74) is 0.759. The van der Waals surface area contributed by atoms with E-state index in [0.29, 0.717) is 18.6 Å². The van der Waals surface area contributed by atoms with Crippen molar-refractivity contribution in [2.45, 2.75) is 32.1 Å². The first kappa shape index (κ1) is 12.3. The van der Waals surface area contributed by atoms with Crippen LogP contribution >= 0.6 is 0 Å². The van der Waals surface area contributed by atoms with Crippen molar-refractivity contribution in [3.63, 3.8) is 0 Å². The summed E-state index contributed by atoms with van der Waals surface area (Å²) in [5, 5.41) is 0. The molecule has 0 radical (unpaired) electrons. The fourth-order valence-electron chi connectivity index (χ4n) is 3.53. The third kappa shape index (κ3) is 2.16. The Labute approximate surface area is 113 Å². The summed E-state index contributed by atoms with van der Waals surface area (Å²) in [7, 11) is 0. The summed E-state index contributed by atoms with van der Waals surface area (Å²) < 4.78 is 0. The zero-order valence-electron chi connectivity index (χ0n) is 11.0. The molecular weight excluding hydrogens is 236 g/mol. The monoisotopic (exact) mass is 254 g/mol. The van der Waals surface area contributed by atoms with Gasteiger partial charge in [0.15, 0.2) is 5.78 Å². The highest BCUT2D eigenvalue weighted by molar-refractivity contribution is 5.96. The second-order valence-electron chi connectivity index (χ2n) is 5.72. The lowest BCUT2D eigenvalue weighted by atomic mass is 9.59. The van der Waals surface area contributed by atoms with Crippen molar-refractivity contribution in [3.05, 3.63) is 48.0 Å². The Kier molecular flexibility index (Phi) is 3.09. The minimum absolute atomic E-state index is 0.170. The Bertz CT molecular complexity index is 529. The average Bonchev–Trinajstić information content (AvgIpc) is 2.42. The van der Waals surface area contributed by atoms with Crippen molar-refractivity contribution < 1.29 is 9.59 Å². The number of Topliss-reactive ketones (excluding diaryl/α,β-unsaturated/α-hetero) is 1. The van der Waals surface area contributed by atoms with Gasteiger partial charge in [-0.15, -0.1) is 0 Å². The largest absolute Gasteiger partial charge is 0.299 e. The number of rotatable bonds is 2. The minimum Gasteiger partial charge on any atom is -0.299 e. The first-order chi connectivity index (χ1) is 9.21. The molecule has 2 aliphatic rings. The minimum atomic E-state index is -0.423. The molecule has 1 saturated carbocycles. The number of carbonyl (C=O) groups excluding carboxylic acids is 2. The molecule has 2 aliphatic carbocycles. The molecule has 98 valence electrons. The maximum atomic E-state index is 12.5. The molecule has 0 spiro atoms. The summed E-state index contributed by atoms with van der Waals surface area (Å²) in [5.74, 6) is 0.686. The zero-order valence-corrected chi connectivity index (χ0v) is 11.0. The predicted molar refractivity (Wildman–Crippen MR) is 73.7 cm³/mol. The summed E-state index contributed by atoms with van der Waals surface area (Å²) in [6.45, 7) is 0. The molecule has 2 heteroatoms. The third-order valence-corrected chi connectivity index (χ3v) is 4.56. The second-order valence-corrected chi connectivity index (χ2v) is 5.72. The Morgan fingerprint density at radius 3 is 2.74 bits per heavy atom. The lowest BCUT2D eigenvalue weighted by Gasteiger charge is -2.42. The lowest BCUT2D eigenvalue weighted by molar-refractivity contribution is -0.133. The summed E-state index contributed by atoms with van der Waals surface area (Å²) >= 11 is 0. The predicted octanol–water partition coefficient (Wildman–Crippen LogP) is 3.11. The molecule has 3 rings (SSSR count). The number of allylic oxidation sites excluding steroid dienone is 2. The Balaban J connectivity index is 1.98. The van der Waals surface area contributed by atoms with Gasteiger partial charge in [-0.1, -0.05) is 36.4 Å². The van der Waals surface area contributed by atoms with Crippen LogP contribution in [-0.2, 0) is 16.0 Å². The highest BCUT2D eigenvalue weighted by Crippen LogP contribution is 2.46. The molecule has 0 amide bonds. The quantitative estimate of drug-likeness (QED) is 0.812. The first-order valence-electron chi connectivity index (χ1n) is 7.00. The number of carbonyl (C=O) groups is 2. The van der Waals surface area contributed by atoms with E-state index >= 15 is 0 Å². The van der Waals surface area contributed by atoms with E-state index in [4.69, 9.17) is 0 Å². The molecule has 2 nitrogen and oxygen atoms in total. The molecule has 0 N–H and O–H groups in total. The van der Waals surface area contributed by atoms with Crippen LogP contribution in [0.2, 0.25) is 0 Å². The molecule has 0 bridgehead atoms. The smallest absolute Gasteiger partial charge is 0.155 e. The topological polar surface area (TPSA) is 34.1 Å². The van der Waals surface area contributed by atoms with Gasteiger partial charge in [0.05, 0.1) is 5.41 Å². The molecule has 1 fully saturated rings. The lowest BCUT2D eigenvalue weighted by Crippen LogP contribution is -2.45. The summed E-state index contributed by atoms with van der Waals surface area (Å²) in [6, 6.07) is 10.1. The Morgan fingerprint density at radius 2 is 1.95 bits per heavy atom. The highest BCUT2D eigenvalue weighted by atomic mass is 16.1. The molecule has 2 atom stereocenters. The van der Waals surface area contributed by atoms with Crippen LogP contribution in [0.3, 0.4) is 0 Å². The first-order valence-corrected chi connectivity index (χ1v) is 7.00. The fourth-order valence-corrected chi connectivity index (χ4v) is 3.53. The summed E-state index contributed by atoms with van der Waals surface area (Å²) in [6.07, 6.45) is 7.38. The highest BCUT2D eigenvalue weighted by Gasteiger charge is 2.47. The van der Waals surface area contributed by atoms with E-state index in [2.05, 4.69) is 12.1 Å². The van der Waals surface area contributed by atoms with E-state index in [1.54, 1.807) is 6.08 Å². The van der Waals surface area contributed by atoms with Crippen molar-refractivity contribution in [3.8, 4) is 0 Å². The molecule has 0 saturated heterocycles. The summed E-state index contributed by atoms with van der Waals surface area (Å²) in [4.78, 5) is 24.1. The van der Waals surface area contributed by atoms with Gasteiger partial charge >= 0.3 is 0 Å². The molecule has 2 unspecified atom stereocenters. The van der Waals surface area contributed by atoms with E-state index in [1.807, 2.05) is 24.3 Å². The van der Waals surface area contributed by atoms with Gasteiger partial charge in [0, 0.05) is 12.8 Å². The second kappa shape index (κ2) is 4.76. The van der Waals surface area contributed by atoms with Crippen LogP contribution in [0.4, 0.5) is 0 Å². The van der Waals surface area contributed by atoms with E-state index in [9.17, 15) is 9.59 Å². The average molecular weight is 254 g/mol. The van der Waals surface area contributed by atoms with Crippen molar-refractivity contribution >= 4 is 11.6 Å². The van der Waals surface area contributed by atoms with Gasteiger partial charge in [0.2, 0.25) is 0 Å². The van der Waals surface area contributed by atoms with E-state index in [0.717, 1.165) is 19.3 Å². The van der Waals surface area contributed by atoms with E-state index < -0.39 is 5.41 Å².